The number of carbonyl (C=O) groups is 1. The molecule has 0 saturated heterocycles. The van der Waals surface area contributed by atoms with Crippen LogP contribution in [0.5, 0.6) is 5.88 Å². The summed E-state index contributed by atoms with van der Waals surface area (Å²) in [4.78, 5) is 28.1. The maximum Gasteiger partial charge on any atom is 0.272 e. The van der Waals surface area contributed by atoms with Crippen molar-refractivity contribution in [3.05, 3.63) is 56.0 Å². The van der Waals surface area contributed by atoms with Gasteiger partial charge in [0.1, 0.15) is 34.6 Å². The van der Waals surface area contributed by atoms with E-state index in [2.05, 4.69) is 20.9 Å². The Morgan fingerprint density at radius 2 is 2.04 bits per heavy atom. The monoisotopic (exact) mass is 430 g/mol. The highest BCUT2D eigenvalue weighted by Gasteiger charge is 2.25. The molecular weight excluding hydrogens is 414 g/mol. The fourth-order valence-electron chi connectivity index (χ4n) is 2.23. The Kier molecular flexibility index (Phi) is 6.09. The number of ether oxygens (including phenoxy) is 1. The molecule has 1 amide bonds. The number of aromatic nitrogens is 2. The predicted octanol–water partition coefficient (Wildman–Crippen LogP) is 1.93. The van der Waals surface area contributed by atoms with E-state index < -0.39 is 29.1 Å². The van der Waals surface area contributed by atoms with Crippen molar-refractivity contribution in [3.63, 3.8) is 0 Å². The van der Waals surface area contributed by atoms with Crippen molar-refractivity contribution in [3.8, 4) is 5.88 Å². The van der Waals surface area contributed by atoms with Gasteiger partial charge in [-0.25, -0.2) is 8.78 Å². The van der Waals surface area contributed by atoms with E-state index in [9.17, 15) is 18.4 Å². The van der Waals surface area contributed by atoms with Gasteiger partial charge in [0.05, 0.1) is 0 Å². The van der Waals surface area contributed by atoms with Gasteiger partial charge in [-0.3, -0.25) is 14.2 Å². The number of amides is 1. The molecule has 0 spiro atoms. The van der Waals surface area contributed by atoms with Gasteiger partial charge in [-0.15, -0.1) is 0 Å². The maximum absolute atomic E-state index is 13.7. The Morgan fingerprint density at radius 1 is 1.38 bits per heavy atom. The van der Waals surface area contributed by atoms with Crippen molar-refractivity contribution in [1.82, 2.24) is 9.55 Å². The fourth-order valence-corrected chi connectivity index (χ4v) is 2.63. The number of rotatable bonds is 6. The molecule has 0 aliphatic heterocycles. The summed E-state index contributed by atoms with van der Waals surface area (Å²) < 4.78 is 33.3. The Morgan fingerprint density at radius 3 is 2.58 bits per heavy atom. The molecule has 10 heteroatoms. The van der Waals surface area contributed by atoms with Crippen LogP contribution in [0.3, 0.4) is 0 Å². The van der Waals surface area contributed by atoms with Gasteiger partial charge in [0.25, 0.3) is 5.56 Å². The van der Waals surface area contributed by atoms with Gasteiger partial charge in [-0.2, -0.15) is 4.98 Å². The molecule has 2 rings (SSSR count). The lowest BCUT2D eigenvalue weighted by Gasteiger charge is -2.20. The van der Waals surface area contributed by atoms with Gasteiger partial charge in [0.15, 0.2) is 0 Å². The second kappa shape index (κ2) is 7.92. The topological polar surface area (TPSA) is 113 Å². The van der Waals surface area contributed by atoms with Gasteiger partial charge in [-0.05, 0) is 41.9 Å². The number of hydrogen-bond acceptors (Lipinski definition) is 5. The number of nitrogens with two attached hydrogens (primary N) is 2. The molecule has 0 saturated carbocycles. The molecule has 0 fully saturated rings. The Hall–Kier alpha value is -2.33. The van der Waals surface area contributed by atoms with Crippen LogP contribution in [0.1, 0.15) is 37.3 Å². The summed E-state index contributed by atoms with van der Waals surface area (Å²) in [6.45, 7) is 3.11. The first-order chi connectivity index (χ1) is 12.1. The Balaban J connectivity index is 2.45. The van der Waals surface area contributed by atoms with Gasteiger partial charge in [0, 0.05) is 17.7 Å². The van der Waals surface area contributed by atoms with E-state index in [0.717, 1.165) is 6.07 Å². The van der Waals surface area contributed by atoms with Crippen LogP contribution in [0.15, 0.2) is 27.5 Å². The Labute approximate surface area is 156 Å². The van der Waals surface area contributed by atoms with E-state index in [-0.39, 0.29) is 34.4 Å². The normalized spacial score (nSPS) is 12.3. The molecule has 26 heavy (non-hydrogen) atoms. The van der Waals surface area contributed by atoms with Gasteiger partial charge in [-0.1, -0.05) is 0 Å². The van der Waals surface area contributed by atoms with Crippen molar-refractivity contribution in [2.75, 3.05) is 0 Å². The first-order valence-electron chi connectivity index (χ1n) is 7.57. The van der Waals surface area contributed by atoms with E-state index in [1.54, 1.807) is 13.8 Å². The van der Waals surface area contributed by atoms with E-state index in [0.29, 0.717) is 6.07 Å². The lowest BCUT2D eigenvalue weighted by atomic mass is 10.2. The summed E-state index contributed by atoms with van der Waals surface area (Å²) in [6.07, 6.45) is 0. The summed E-state index contributed by atoms with van der Waals surface area (Å²) in [5, 5.41) is 0. The summed E-state index contributed by atoms with van der Waals surface area (Å²) in [5.74, 6) is -2.65. The average molecular weight is 431 g/mol. The zero-order valence-corrected chi connectivity index (χ0v) is 15.6. The standard InChI is InChI=1S/C16H17BrF2N4O3/c1-7(2)23-14(12(20)13(21)24)22-15(11(17)16(23)25)26-6-8-3-4-9(18)5-10(8)19/h3-5,7,12H,6,20H2,1-2H3,(H2,21,24). The van der Waals surface area contributed by atoms with Gasteiger partial charge in [0.2, 0.25) is 11.8 Å². The van der Waals surface area contributed by atoms with Crippen molar-refractivity contribution in [2.24, 2.45) is 11.5 Å². The molecule has 0 bridgehead atoms. The minimum absolute atomic E-state index is 0.0193. The molecule has 1 aromatic carbocycles. The number of carbonyl (C=O) groups excluding carboxylic acids is 1. The SMILES string of the molecule is CC(C)n1c(C(N)C(N)=O)nc(OCc2ccc(F)cc2F)c(Br)c1=O. The average Bonchev–Trinajstić information content (AvgIpc) is 2.56. The van der Waals surface area contributed by atoms with Crippen LogP contribution < -0.4 is 21.8 Å². The maximum atomic E-state index is 13.7. The molecule has 0 radical (unpaired) electrons. The smallest absolute Gasteiger partial charge is 0.272 e. The molecule has 0 aliphatic rings. The highest BCUT2D eigenvalue weighted by molar-refractivity contribution is 9.10. The van der Waals surface area contributed by atoms with E-state index in [4.69, 9.17) is 16.2 Å². The van der Waals surface area contributed by atoms with Crippen molar-refractivity contribution in [2.45, 2.75) is 32.5 Å². The van der Waals surface area contributed by atoms with Gasteiger partial charge < -0.3 is 16.2 Å². The first-order valence-corrected chi connectivity index (χ1v) is 8.36. The number of benzene rings is 1. The van der Waals surface area contributed by atoms with E-state index in [1.165, 1.54) is 10.6 Å². The number of nitrogens with zero attached hydrogens (tertiary/aromatic N) is 2. The molecule has 0 aliphatic carbocycles. The van der Waals surface area contributed by atoms with Crippen LogP contribution in [0.25, 0.3) is 0 Å². The zero-order valence-electron chi connectivity index (χ0n) is 14.0. The minimum atomic E-state index is -1.33. The highest BCUT2D eigenvalue weighted by atomic mass is 79.9. The molecule has 7 nitrogen and oxygen atoms in total. The van der Waals surface area contributed by atoms with Crippen LogP contribution in [-0.4, -0.2) is 15.5 Å². The second-order valence-corrected chi connectivity index (χ2v) is 6.56. The molecule has 1 atom stereocenters. The molecule has 2 aromatic rings. The molecule has 1 heterocycles. The number of primary amides is 1. The third kappa shape index (κ3) is 4.07. The fraction of sp³-hybridized carbons (Fsp3) is 0.312. The van der Waals surface area contributed by atoms with Crippen LogP contribution in [0, 0.1) is 11.6 Å². The summed E-state index contributed by atoms with van der Waals surface area (Å²) >= 11 is 3.09. The molecule has 1 unspecified atom stereocenters. The van der Waals surface area contributed by atoms with Crippen LogP contribution in [0.4, 0.5) is 8.78 Å². The molecule has 140 valence electrons. The number of hydrogen-bond donors (Lipinski definition) is 2. The van der Waals surface area contributed by atoms with Gasteiger partial charge >= 0.3 is 0 Å². The molecule has 1 aromatic heterocycles. The quantitative estimate of drug-likeness (QED) is 0.726. The number of halogens is 3. The van der Waals surface area contributed by atoms with Crippen LogP contribution >= 0.6 is 15.9 Å². The van der Waals surface area contributed by atoms with E-state index in [1.807, 2.05) is 0 Å². The summed E-state index contributed by atoms with van der Waals surface area (Å²) in [5.41, 5.74) is 10.5. The zero-order chi connectivity index (χ0) is 19.6. The third-order valence-corrected chi connectivity index (χ3v) is 4.22. The van der Waals surface area contributed by atoms with Crippen LogP contribution in [-0.2, 0) is 11.4 Å². The minimum Gasteiger partial charge on any atom is -0.472 e. The largest absolute Gasteiger partial charge is 0.472 e. The van der Waals surface area contributed by atoms with Crippen LogP contribution in [0.2, 0.25) is 0 Å². The summed E-state index contributed by atoms with van der Waals surface area (Å²) in [7, 11) is 0. The third-order valence-electron chi connectivity index (χ3n) is 3.54. The molecular formula is C16H17BrF2N4O3. The Bertz CT molecular complexity index is 902. The first kappa shape index (κ1) is 20.0. The predicted molar refractivity (Wildman–Crippen MR) is 93.4 cm³/mol. The van der Waals surface area contributed by atoms with Crippen molar-refractivity contribution >= 4 is 21.8 Å². The second-order valence-electron chi connectivity index (χ2n) is 5.76. The highest BCUT2D eigenvalue weighted by Crippen LogP contribution is 2.24. The summed E-state index contributed by atoms with van der Waals surface area (Å²) in [6, 6.07) is 1.32. The van der Waals surface area contributed by atoms with Crippen molar-refractivity contribution in [1.29, 1.82) is 0 Å². The lowest BCUT2D eigenvalue weighted by Crippen LogP contribution is -2.37. The molecule has 4 N–H and O–H groups in total. The van der Waals surface area contributed by atoms with Crippen molar-refractivity contribution < 1.29 is 18.3 Å². The van der Waals surface area contributed by atoms with E-state index >= 15 is 0 Å². The lowest BCUT2D eigenvalue weighted by molar-refractivity contribution is -0.119.